The van der Waals surface area contributed by atoms with Gasteiger partial charge in [-0.25, -0.2) is 9.80 Å². The molecule has 0 saturated heterocycles. The maximum absolute atomic E-state index is 12.4. The van der Waals surface area contributed by atoms with Gasteiger partial charge in [0.25, 0.3) is 0 Å². The standard InChI is InChI=1S/C28H21BrN2O5/c1-33-25-15-19(29)14-21-23-16-22(24-8-5-13-34-24)30-31(23)27(36-26(21)25)17-9-11-20(12-10-17)35-28(32)18-6-3-2-4-7-18/h2-15,23,27H,16H2,1H3/t23-,27+/m1/s1. The van der Waals surface area contributed by atoms with Gasteiger partial charge in [0, 0.05) is 22.0 Å². The molecule has 2 atom stereocenters. The molecule has 0 unspecified atom stereocenters. The Morgan fingerprint density at radius 3 is 2.58 bits per heavy atom. The fourth-order valence-corrected chi connectivity index (χ4v) is 4.98. The van der Waals surface area contributed by atoms with Crippen LogP contribution in [0.4, 0.5) is 0 Å². The number of furan rings is 1. The Labute approximate surface area is 216 Å². The molecule has 0 bridgehead atoms. The molecule has 7 nitrogen and oxygen atoms in total. The molecular formula is C28H21BrN2O5. The molecule has 2 aliphatic rings. The van der Waals surface area contributed by atoms with Crippen LogP contribution in [0.15, 0.2) is 99.1 Å². The molecule has 0 spiro atoms. The van der Waals surface area contributed by atoms with E-state index in [1.807, 2.05) is 47.5 Å². The second-order valence-electron chi connectivity index (χ2n) is 8.45. The normalized spacial score (nSPS) is 18.1. The Morgan fingerprint density at radius 1 is 1.06 bits per heavy atom. The zero-order valence-electron chi connectivity index (χ0n) is 19.3. The minimum Gasteiger partial charge on any atom is -0.493 e. The zero-order valence-corrected chi connectivity index (χ0v) is 20.8. The van der Waals surface area contributed by atoms with E-state index in [2.05, 4.69) is 15.9 Å². The van der Waals surface area contributed by atoms with E-state index in [4.69, 9.17) is 23.7 Å². The molecule has 4 aromatic rings. The summed E-state index contributed by atoms with van der Waals surface area (Å²) < 4.78 is 24.2. The lowest BCUT2D eigenvalue weighted by molar-refractivity contribution is -0.0209. The van der Waals surface area contributed by atoms with Gasteiger partial charge in [-0.15, -0.1) is 0 Å². The van der Waals surface area contributed by atoms with E-state index in [0.29, 0.717) is 29.2 Å². The Kier molecular flexibility index (Phi) is 5.73. The van der Waals surface area contributed by atoms with Crippen molar-refractivity contribution in [3.8, 4) is 17.2 Å². The number of esters is 1. The van der Waals surface area contributed by atoms with Crippen molar-refractivity contribution < 1.29 is 23.4 Å². The van der Waals surface area contributed by atoms with Gasteiger partial charge in [0.15, 0.2) is 11.5 Å². The molecule has 0 saturated carbocycles. The van der Waals surface area contributed by atoms with Crippen LogP contribution >= 0.6 is 15.9 Å². The number of ether oxygens (including phenoxy) is 3. The molecule has 0 N–H and O–H groups in total. The van der Waals surface area contributed by atoms with Gasteiger partial charge in [0.05, 0.1) is 25.0 Å². The van der Waals surface area contributed by atoms with E-state index < -0.39 is 12.2 Å². The summed E-state index contributed by atoms with van der Waals surface area (Å²) in [5.41, 5.74) is 3.18. The summed E-state index contributed by atoms with van der Waals surface area (Å²) in [6.45, 7) is 0. The number of rotatable bonds is 5. The number of carbonyl (C=O) groups excluding carboxylic acids is 1. The van der Waals surface area contributed by atoms with Gasteiger partial charge in [0.2, 0.25) is 6.23 Å². The van der Waals surface area contributed by atoms with E-state index in [9.17, 15) is 4.79 Å². The summed E-state index contributed by atoms with van der Waals surface area (Å²) in [7, 11) is 1.63. The third kappa shape index (κ3) is 4.03. The smallest absolute Gasteiger partial charge is 0.343 e. The highest BCUT2D eigenvalue weighted by atomic mass is 79.9. The largest absolute Gasteiger partial charge is 0.493 e. The number of nitrogens with zero attached hydrogens (tertiary/aromatic N) is 2. The second kappa shape index (κ2) is 9.20. The van der Waals surface area contributed by atoms with E-state index >= 15 is 0 Å². The van der Waals surface area contributed by atoms with Crippen LogP contribution in [0.5, 0.6) is 17.2 Å². The summed E-state index contributed by atoms with van der Waals surface area (Å²) in [5, 5.41) is 6.85. The summed E-state index contributed by atoms with van der Waals surface area (Å²) >= 11 is 3.59. The van der Waals surface area contributed by atoms with Gasteiger partial charge in [-0.05, 0) is 60.7 Å². The number of benzene rings is 3. The second-order valence-corrected chi connectivity index (χ2v) is 9.36. The Morgan fingerprint density at radius 2 is 1.86 bits per heavy atom. The maximum Gasteiger partial charge on any atom is 0.343 e. The quantitative estimate of drug-likeness (QED) is 0.210. The molecule has 0 amide bonds. The van der Waals surface area contributed by atoms with Crippen molar-refractivity contribution in [1.29, 1.82) is 0 Å². The van der Waals surface area contributed by atoms with Crippen LogP contribution in [0.1, 0.15) is 45.9 Å². The van der Waals surface area contributed by atoms with Gasteiger partial charge in [-0.2, -0.15) is 5.10 Å². The van der Waals surface area contributed by atoms with Crippen molar-refractivity contribution >= 4 is 27.6 Å². The molecule has 180 valence electrons. The minimum absolute atomic E-state index is 0.0687. The van der Waals surface area contributed by atoms with E-state index in [1.165, 1.54) is 0 Å². The third-order valence-corrected chi connectivity index (χ3v) is 6.69. The van der Waals surface area contributed by atoms with Gasteiger partial charge in [-0.1, -0.05) is 34.1 Å². The number of fused-ring (bicyclic) bond motifs is 3. The van der Waals surface area contributed by atoms with Crippen LogP contribution in [0, 0.1) is 0 Å². The summed E-state index contributed by atoms with van der Waals surface area (Å²) in [6.07, 6.45) is 1.79. The Bertz CT molecular complexity index is 1440. The third-order valence-electron chi connectivity index (χ3n) is 6.23. The topological polar surface area (TPSA) is 73.5 Å². The Hall–Kier alpha value is -4.04. The van der Waals surface area contributed by atoms with Crippen molar-refractivity contribution in [1.82, 2.24) is 5.01 Å². The first kappa shape index (κ1) is 22.4. The summed E-state index contributed by atoms with van der Waals surface area (Å²) in [6, 6.07) is 23.8. The first-order valence-corrected chi connectivity index (χ1v) is 12.2. The molecular weight excluding hydrogens is 524 g/mol. The monoisotopic (exact) mass is 544 g/mol. The lowest BCUT2D eigenvalue weighted by Gasteiger charge is -2.38. The fourth-order valence-electron chi connectivity index (χ4n) is 4.53. The molecule has 3 aromatic carbocycles. The zero-order chi connectivity index (χ0) is 24.6. The average Bonchev–Trinajstić information content (AvgIpc) is 3.59. The number of halogens is 1. The molecule has 1 aromatic heterocycles. The van der Waals surface area contributed by atoms with Crippen LogP contribution in [-0.4, -0.2) is 23.8 Å². The van der Waals surface area contributed by atoms with Crippen molar-refractivity contribution in [3.05, 3.63) is 112 Å². The van der Waals surface area contributed by atoms with Crippen molar-refractivity contribution in [2.45, 2.75) is 18.7 Å². The molecule has 0 aliphatic carbocycles. The summed E-state index contributed by atoms with van der Waals surface area (Å²) in [5.74, 6) is 2.10. The van der Waals surface area contributed by atoms with Crippen LogP contribution in [0.2, 0.25) is 0 Å². The van der Waals surface area contributed by atoms with Crippen molar-refractivity contribution in [2.24, 2.45) is 5.10 Å². The maximum atomic E-state index is 12.4. The molecule has 2 aliphatic heterocycles. The van der Waals surface area contributed by atoms with E-state index in [0.717, 1.165) is 27.1 Å². The van der Waals surface area contributed by atoms with Crippen LogP contribution in [0.3, 0.4) is 0 Å². The molecule has 8 heteroatoms. The lowest BCUT2D eigenvalue weighted by Crippen LogP contribution is -2.34. The number of hydrazone groups is 1. The first-order chi connectivity index (χ1) is 17.6. The van der Waals surface area contributed by atoms with Gasteiger partial charge in [0.1, 0.15) is 17.2 Å². The fraction of sp³-hybridized carbons (Fsp3) is 0.143. The number of hydrogen-bond donors (Lipinski definition) is 0. The Balaban J connectivity index is 1.34. The lowest BCUT2D eigenvalue weighted by atomic mass is 9.97. The highest BCUT2D eigenvalue weighted by Gasteiger charge is 2.43. The van der Waals surface area contributed by atoms with Gasteiger partial charge < -0.3 is 18.6 Å². The molecule has 36 heavy (non-hydrogen) atoms. The van der Waals surface area contributed by atoms with Crippen molar-refractivity contribution in [3.63, 3.8) is 0 Å². The van der Waals surface area contributed by atoms with Gasteiger partial charge in [-0.3, -0.25) is 0 Å². The van der Waals surface area contributed by atoms with Crippen LogP contribution in [-0.2, 0) is 0 Å². The molecule has 3 heterocycles. The highest BCUT2D eigenvalue weighted by Crippen LogP contribution is 2.51. The predicted molar refractivity (Wildman–Crippen MR) is 136 cm³/mol. The average molecular weight is 545 g/mol. The number of methoxy groups -OCH3 is 1. The van der Waals surface area contributed by atoms with Gasteiger partial charge >= 0.3 is 5.97 Å². The predicted octanol–water partition coefficient (Wildman–Crippen LogP) is 6.51. The number of carbonyl (C=O) groups is 1. The minimum atomic E-state index is -0.510. The van der Waals surface area contributed by atoms with Crippen LogP contribution < -0.4 is 14.2 Å². The highest BCUT2D eigenvalue weighted by molar-refractivity contribution is 9.10. The number of hydrogen-bond acceptors (Lipinski definition) is 7. The summed E-state index contributed by atoms with van der Waals surface area (Å²) in [4.78, 5) is 12.4. The van der Waals surface area contributed by atoms with Crippen molar-refractivity contribution in [2.75, 3.05) is 7.11 Å². The van der Waals surface area contributed by atoms with E-state index in [-0.39, 0.29) is 6.04 Å². The first-order valence-electron chi connectivity index (χ1n) is 11.4. The molecule has 6 rings (SSSR count). The van der Waals surface area contributed by atoms with E-state index in [1.54, 1.807) is 49.8 Å². The molecule has 0 fully saturated rings. The molecule has 0 radical (unpaired) electrons. The van der Waals surface area contributed by atoms with Crippen LogP contribution in [0.25, 0.3) is 0 Å². The SMILES string of the molecule is COc1cc(Br)cc2c1O[C@@H](c1ccc(OC(=O)c3ccccc3)cc1)N1N=C(c3ccco3)C[C@H]21.